The zero-order valence-corrected chi connectivity index (χ0v) is 14.0. The molecule has 0 fully saturated rings. The third-order valence-electron chi connectivity index (χ3n) is 4.59. The monoisotopic (exact) mass is 358 g/mol. The van der Waals surface area contributed by atoms with E-state index in [0.717, 1.165) is 21.9 Å². The Bertz CT molecular complexity index is 1290. The summed E-state index contributed by atoms with van der Waals surface area (Å²) in [4.78, 5) is 37.2. The van der Waals surface area contributed by atoms with Crippen molar-refractivity contribution < 1.29 is 14.7 Å². The van der Waals surface area contributed by atoms with Crippen molar-refractivity contribution in [2.75, 3.05) is 0 Å². The van der Waals surface area contributed by atoms with Gasteiger partial charge in [-0.2, -0.15) is 0 Å². The minimum Gasteiger partial charge on any atom is -0.478 e. The normalized spacial score (nSPS) is 11.0. The number of carbonyl (C=O) groups excluding carboxylic acids is 1. The second-order valence-corrected chi connectivity index (χ2v) is 6.23. The zero-order chi connectivity index (χ0) is 19.1. The molecule has 132 valence electrons. The van der Waals surface area contributed by atoms with Crippen LogP contribution in [0.4, 0.5) is 0 Å². The molecule has 4 rings (SSSR count). The molecule has 1 aromatic heterocycles. The van der Waals surface area contributed by atoms with Crippen LogP contribution in [0.3, 0.4) is 0 Å². The predicted molar refractivity (Wildman–Crippen MR) is 103 cm³/mol. The van der Waals surface area contributed by atoms with E-state index in [4.69, 9.17) is 5.73 Å². The van der Waals surface area contributed by atoms with Crippen LogP contribution in [0.2, 0.25) is 0 Å². The van der Waals surface area contributed by atoms with Crippen molar-refractivity contribution in [1.29, 1.82) is 0 Å². The molecule has 0 spiro atoms. The summed E-state index contributed by atoms with van der Waals surface area (Å²) in [7, 11) is 0. The first kappa shape index (κ1) is 16.5. The average Bonchev–Trinajstić information content (AvgIpc) is 2.66. The molecule has 0 aliphatic heterocycles. The summed E-state index contributed by atoms with van der Waals surface area (Å²) in [6.07, 6.45) is 1.59. The van der Waals surface area contributed by atoms with E-state index in [1.165, 1.54) is 12.1 Å². The second-order valence-electron chi connectivity index (χ2n) is 6.23. The maximum Gasteiger partial charge on any atom is 0.336 e. The fourth-order valence-electron chi connectivity index (χ4n) is 3.26. The van der Waals surface area contributed by atoms with Crippen LogP contribution in [0.25, 0.3) is 32.7 Å². The Labute approximate surface area is 152 Å². The molecule has 4 aromatic rings. The van der Waals surface area contributed by atoms with Gasteiger partial charge in [-0.1, -0.05) is 24.3 Å². The van der Waals surface area contributed by atoms with Gasteiger partial charge < -0.3 is 15.8 Å². The van der Waals surface area contributed by atoms with Gasteiger partial charge in [-0.05, 0) is 51.6 Å². The fourth-order valence-corrected chi connectivity index (χ4v) is 3.26. The number of primary amides is 1. The lowest BCUT2D eigenvalue weighted by molar-refractivity contribution is 0.0699. The number of nitrogens with one attached hydrogen (secondary N) is 1. The second kappa shape index (κ2) is 6.10. The molecular formula is C21H14N2O4. The van der Waals surface area contributed by atoms with Crippen LogP contribution >= 0.6 is 0 Å². The minimum absolute atomic E-state index is 0.138. The number of rotatable bonds is 3. The summed E-state index contributed by atoms with van der Waals surface area (Å²) >= 11 is 0. The molecule has 0 bridgehead atoms. The van der Waals surface area contributed by atoms with Crippen LogP contribution < -0.4 is 11.3 Å². The summed E-state index contributed by atoms with van der Waals surface area (Å²) in [5.41, 5.74) is 7.24. The lowest BCUT2D eigenvalue weighted by Gasteiger charge is -2.10. The summed E-state index contributed by atoms with van der Waals surface area (Å²) < 4.78 is 0. The van der Waals surface area contributed by atoms with Gasteiger partial charge in [-0.3, -0.25) is 9.59 Å². The molecule has 3 aromatic carbocycles. The molecule has 27 heavy (non-hydrogen) atoms. The van der Waals surface area contributed by atoms with E-state index in [1.807, 2.05) is 12.1 Å². The smallest absolute Gasteiger partial charge is 0.336 e. The lowest BCUT2D eigenvalue weighted by atomic mass is 9.94. The SMILES string of the molecule is NC(=O)c1ccc(-c2ccc3c(C(=O)O)cc4cc(=O)[nH]cc4c3c2)cc1. The van der Waals surface area contributed by atoms with E-state index in [-0.39, 0.29) is 11.1 Å². The first-order valence-corrected chi connectivity index (χ1v) is 8.17. The van der Waals surface area contributed by atoms with Crippen LogP contribution in [0, 0.1) is 0 Å². The van der Waals surface area contributed by atoms with E-state index in [1.54, 1.807) is 36.5 Å². The molecule has 1 amide bonds. The summed E-state index contributed by atoms with van der Waals surface area (Å²) in [5, 5.41) is 12.2. The fraction of sp³-hybridized carbons (Fsp3) is 0. The Morgan fingerprint density at radius 1 is 0.852 bits per heavy atom. The zero-order valence-electron chi connectivity index (χ0n) is 14.0. The number of fused-ring (bicyclic) bond motifs is 3. The number of carboxylic acids is 1. The highest BCUT2D eigenvalue weighted by atomic mass is 16.4. The number of benzene rings is 3. The van der Waals surface area contributed by atoms with Crippen molar-refractivity contribution in [3.8, 4) is 11.1 Å². The Morgan fingerprint density at radius 2 is 1.56 bits per heavy atom. The molecule has 0 saturated carbocycles. The third-order valence-corrected chi connectivity index (χ3v) is 4.59. The molecule has 6 nitrogen and oxygen atoms in total. The lowest BCUT2D eigenvalue weighted by Crippen LogP contribution is -2.10. The van der Waals surface area contributed by atoms with Crippen molar-refractivity contribution in [3.63, 3.8) is 0 Å². The van der Waals surface area contributed by atoms with Gasteiger partial charge in [0.1, 0.15) is 0 Å². The highest BCUT2D eigenvalue weighted by Gasteiger charge is 2.13. The largest absolute Gasteiger partial charge is 0.478 e. The van der Waals surface area contributed by atoms with Gasteiger partial charge in [0.2, 0.25) is 11.5 Å². The Kier molecular flexibility index (Phi) is 3.74. The number of pyridine rings is 1. The molecule has 0 aliphatic carbocycles. The standard InChI is InChI=1S/C21H14N2O4/c22-20(25)12-3-1-11(2-4-12)13-5-6-15-16(7-13)18-10-23-19(24)9-14(18)8-17(15)21(26)27/h1-10H,(H2,22,25)(H,23,24)(H,26,27). The third kappa shape index (κ3) is 2.83. The van der Waals surface area contributed by atoms with Gasteiger partial charge in [0.25, 0.3) is 0 Å². The van der Waals surface area contributed by atoms with Crippen molar-refractivity contribution in [1.82, 2.24) is 4.98 Å². The first-order chi connectivity index (χ1) is 12.9. The number of amides is 1. The molecule has 0 unspecified atom stereocenters. The molecule has 0 atom stereocenters. The quantitative estimate of drug-likeness (QED) is 0.488. The molecular weight excluding hydrogens is 344 g/mol. The number of hydrogen-bond acceptors (Lipinski definition) is 3. The van der Waals surface area contributed by atoms with E-state index in [0.29, 0.717) is 16.3 Å². The molecule has 0 saturated heterocycles. The van der Waals surface area contributed by atoms with Crippen molar-refractivity contribution in [2.45, 2.75) is 0 Å². The Hall–Kier alpha value is -3.93. The molecule has 4 N–H and O–H groups in total. The van der Waals surface area contributed by atoms with E-state index < -0.39 is 11.9 Å². The first-order valence-electron chi connectivity index (χ1n) is 8.17. The van der Waals surface area contributed by atoms with Gasteiger partial charge in [0.15, 0.2) is 0 Å². The topological polar surface area (TPSA) is 113 Å². The van der Waals surface area contributed by atoms with Crippen molar-refractivity contribution >= 4 is 33.4 Å². The van der Waals surface area contributed by atoms with Crippen LogP contribution in [-0.4, -0.2) is 22.0 Å². The Morgan fingerprint density at radius 3 is 2.22 bits per heavy atom. The van der Waals surface area contributed by atoms with Crippen LogP contribution in [-0.2, 0) is 0 Å². The highest BCUT2D eigenvalue weighted by Crippen LogP contribution is 2.32. The Balaban J connectivity index is 2.00. The van der Waals surface area contributed by atoms with Crippen LogP contribution in [0.1, 0.15) is 20.7 Å². The van der Waals surface area contributed by atoms with Gasteiger partial charge in [-0.25, -0.2) is 4.79 Å². The number of aromatic amines is 1. The number of H-pyrrole nitrogens is 1. The molecule has 0 radical (unpaired) electrons. The van der Waals surface area contributed by atoms with Crippen LogP contribution in [0.15, 0.2) is 65.6 Å². The van der Waals surface area contributed by atoms with Gasteiger partial charge in [0, 0.05) is 23.2 Å². The highest BCUT2D eigenvalue weighted by molar-refractivity contribution is 6.16. The number of nitrogens with two attached hydrogens (primary N) is 1. The number of aromatic carboxylic acids is 1. The van der Waals surface area contributed by atoms with Gasteiger partial charge in [-0.15, -0.1) is 0 Å². The number of aromatic nitrogens is 1. The van der Waals surface area contributed by atoms with Crippen molar-refractivity contribution in [3.05, 3.63) is 82.3 Å². The predicted octanol–water partition coefficient (Wildman–Crippen LogP) is 3.15. The van der Waals surface area contributed by atoms with Gasteiger partial charge >= 0.3 is 5.97 Å². The van der Waals surface area contributed by atoms with E-state index >= 15 is 0 Å². The average molecular weight is 358 g/mol. The summed E-state index contributed by atoms with van der Waals surface area (Å²) in [6.45, 7) is 0. The maximum atomic E-state index is 11.7. The molecule has 1 heterocycles. The van der Waals surface area contributed by atoms with E-state index in [2.05, 4.69) is 4.98 Å². The molecule has 6 heteroatoms. The number of carbonyl (C=O) groups is 2. The minimum atomic E-state index is -1.05. The van der Waals surface area contributed by atoms with Gasteiger partial charge in [0.05, 0.1) is 5.56 Å². The van der Waals surface area contributed by atoms with Crippen molar-refractivity contribution in [2.24, 2.45) is 5.73 Å². The number of carboxylic acid groups (broad SMARTS) is 1. The molecule has 0 aliphatic rings. The number of hydrogen-bond donors (Lipinski definition) is 3. The van der Waals surface area contributed by atoms with Crippen LogP contribution in [0.5, 0.6) is 0 Å². The summed E-state index contributed by atoms with van der Waals surface area (Å²) in [6, 6.07) is 15.2. The van der Waals surface area contributed by atoms with E-state index in [9.17, 15) is 19.5 Å². The summed E-state index contributed by atoms with van der Waals surface area (Å²) in [5.74, 6) is -1.55. The maximum absolute atomic E-state index is 11.7.